The van der Waals surface area contributed by atoms with Gasteiger partial charge in [0.15, 0.2) is 5.75 Å². The smallest absolute Gasteiger partial charge is 0.156 e. The second-order valence-corrected chi connectivity index (χ2v) is 4.48. The van der Waals surface area contributed by atoms with E-state index in [-0.39, 0.29) is 12.6 Å². The van der Waals surface area contributed by atoms with Crippen molar-refractivity contribution in [3.8, 4) is 5.75 Å². The van der Waals surface area contributed by atoms with Gasteiger partial charge in [-0.15, -0.1) is 0 Å². The van der Waals surface area contributed by atoms with E-state index in [2.05, 4.69) is 0 Å². The third-order valence-electron chi connectivity index (χ3n) is 1.79. The number of benzene rings is 1. The molecule has 3 nitrogen and oxygen atoms in total. The van der Waals surface area contributed by atoms with Gasteiger partial charge >= 0.3 is 0 Å². The zero-order valence-corrected chi connectivity index (χ0v) is 10.9. The van der Waals surface area contributed by atoms with Crippen LogP contribution in [0.15, 0.2) is 12.1 Å². The van der Waals surface area contributed by atoms with Crippen LogP contribution in [0, 0.1) is 0 Å². The number of hydrogen-bond acceptors (Lipinski definition) is 3. The highest BCUT2D eigenvalue weighted by Gasteiger charge is 2.11. The molecule has 0 heterocycles. The Morgan fingerprint density at radius 2 is 1.75 bits per heavy atom. The van der Waals surface area contributed by atoms with Crippen LogP contribution in [0.3, 0.4) is 0 Å². The fourth-order valence-corrected chi connectivity index (χ4v) is 2.05. The molecule has 0 aliphatic carbocycles. The van der Waals surface area contributed by atoms with Gasteiger partial charge in [-0.25, -0.2) is 0 Å². The summed E-state index contributed by atoms with van der Waals surface area (Å²) in [6, 6.07) is 2.89. The summed E-state index contributed by atoms with van der Waals surface area (Å²) in [7, 11) is 1.57. The van der Waals surface area contributed by atoms with Crippen molar-refractivity contribution in [3.05, 3.63) is 27.2 Å². The highest BCUT2D eigenvalue weighted by Crippen LogP contribution is 2.35. The normalized spacial score (nSPS) is 12.6. The molecule has 0 amide bonds. The maximum Gasteiger partial charge on any atom is 0.156 e. The van der Waals surface area contributed by atoms with Crippen molar-refractivity contribution in [2.24, 2.45) is 5.73 Å². The highest BCUT2D eigenvalue weighted by molar-refractivity contribution is 6.40. The van der Waals surface area contributed by atoms with Crippen LogP contribution in [0.25, 0.3) is 0 Å². The van der Waals surface area contributed by atoms with E-state index < -0.39 is 0 Å². The summed E-state index contributed by atoms with van der Waals surface area (Å²) in [6.07, 6.45) is 0. The third-order valence-corrected chi connectivity index (χ3v) is 2.57. The van der Waals surface area contributed by atoms with Crippen molar-refractivity contribution in [2.45, 2.75) is 6.04 Å². The predicted molar refractivity (Wildman–Crippen MR) is 66.8 cm³/mol. The molecule has 0 spiro atoms. The molecule has 16 heavy (non-hydrogen) atoms. The van der Waals surface area contributed by atoms with E-state index in [9.17, 15) is 0 Å². The predicted octanol–water partition coefficient (Wildman–Crippen LogP) is 3.00. The Labute approximate surface area is 109 Å². The molecule has 0 bridgehead atoms. The molecule has 1 aromatic rings. The number of methoxy groups -OCH3 is 1. The van der Waals surface area contributed by atoms with Crippen molar-refractivity contribution >= 4 is 34.8 Å². The topological polar surface area (TPSA) is 44.5 Å². The largest absolute Gasteiger partial charge is 0.489 e. The van der Waals surface area contributed by atoms with Crippen molar-refractivity contribution in [3.63, 3.8) is 0 Å². The number of halogens is 3. The Hall–Kier alpha value is -0.190. The van der Waals surface area contributed by atoms with Crippen molar-refractivity contribution in [2.75, 3.05) is 20.3 Å². The average molecular weight is 285 g/mol. The van der Waals surface area contributed by atoms with Crippen molar-refractivity contribution in [1.29, 1.82) is 0 Å². The fraction of sp³-hybridized carbons (Fsp3) is 0.400. The summed E-state index contributed by atoms with van der Waals surface area (Å²) < 4.78 is 10.3. The van der Waals surface area contributed by atoms with Crippen LogP contribution in [-0.4, -0.2) is 26.4 Å². The van der Waals surface area contributed by atoms with E-state index in [1.807, 2.05) is 0 Å². The van der Waals surface area contributed by atoms with E-state index in [4.69, 9.17) is 50.0 Å². The Morgan fingerprint density at radius 3 is 2.25 bits per heavy atom. The molecule has 1 unspecified atom stereocenters. The van der Waals surface area contributed by atoms with Gasteiger partial charge in [0.1, 0.15) is 6.61 Å². The lowest BCUT2D eigenvalue weighted by Gasteiger charge is -2.14. The average Bonchev–Trinajstić information content (AvgIpc) is 2.16. The first-order valence-corrected chi connectivity index (χ1v) is 5.70. The minimum Gasteiger partial charge on any atom is -0.489 e. The molecule has 1 atom stereocenters. The Kier molecular flexibility index (Phi) is 5.66. The van der Waals surface area contributed by atoms with Gasteiger partial charge in [0.25, 0.3) is 0 Å². The molecule has 0 aromatic heterocycles. The first-order chi connectivity index (χ1) is 7.54. The van der Waals surface area contributed by atoms with Gasteiger partial charge in [-0.3, -0.25) is 0 Å². The maximum absolute atomic E-state index is 5.93. The molecule has 0 aliphatic heterocycles. The van der Waals surface area contributed by atoms with E-state index in [1.54, 1.807) is 19.2 Å². The molecule has 2 N–H and O–H groups in total. The molecule has 0 aliphatic rings. The van der Waals surface area contributed by atoms with Crippen LogP contribution in [0.2, 0.25) is 15.1 Å². The van der Waals surface area contributed by atoms with E-state index in [1.165, 1.54) is 0 Å². The molecule has 0 radical (unpaired) electrons. The lowest BCUT2D eigenvalue weighted by Crippen LogP contribution is -2.32. The number of rotatable bonds is 5. The van der Waals surface area contributed by atoms with E-state index >= 15 is 0 Å². The molecular weight excluding hydrogens is 272 g/mol. The van der Waals surface area contributed by atoms with Gasteiger partial charge in [0.2, 0.25) is 0 Å². The minimum atomic E-state index is -0.229. The third kappa shape index (κ3) is 4.00. The van der Waals surface area contributed by atoms with Crippen molar-refractivity contribution in [1.82, 2.24) is 0 Å². The zero-order valence-electron chi connectivity index (χ0n) is 8.67. The summed E-state index contributed by atoms with van der Waals surface area (Å²) >= 11 is 17.6. The summed E-state index contributed by atoms with van der Waals surface area (Å²) in [4.78, 5) is 0. The molecule has 6 heteroatoms. The Bertz CT molecular complexity index is 337. The maximum atomic E-state index is 5.93. The standard InChI is InChI=1S/C10H12Cl3NO2/c1-15-4-7(14)5-16-10-8(12)2-6(11)3-9(10)13/h2-3,7H,4-5,14H2,1H3. The number of hydrogen-bond donors (Lipinski definition) is 1. The molecule has 1 aromatic carbocycles. The SMILES string of the molecule is COCC(N)COc1c(Cl)cc(Cl)cc1Cl. The summed E-state index contributed by atoms with van der Waals surface area (Å²) in [5, 5.41) is 1.19. The van der Waals surface area contributed by atoms with Gasteiger partial charge in [0.05, 0.1) is 22.7 Å². The summed E-state index contributed by atoms with van der Waals surface area (Å²) in [6.45, 7) is 0.678. The first kappa shape index (κ1) is 13.9. The molecule has 1 rings (SSSR count). The summed E-state index contributed by atoms with van der Waals surface area (Å²) in [5.41, 5.74) is 5.70. The van der Waals surface area contributed by atoms with Crippen LogP contribution < -0.4 is 10.5 Å². The van der Waals surface area contributed by atoms with Crippen LogP contribution >= 0.6 is 34.8 Å². The van der Waals surface area contributed by atoms with Gasteiger partial charge in [-0.1, -0.05) is 34.8 Å². The second kappa shape index (κ2) is 6.52. The molecule has 0 saturated heterocycles. The zero-order chi connectivity index (χ0) is 12.1. The van der Waals surface area contributed by atoms with Crippen LogP contribution in [0.4, 0.5) is 0 Å². The first-order valence-electron chi connectivity index (χ1n) is 4.56. The van der Waals surface area contributed by atoms with Crippen LogP contribution in [0.5, 0.6) is 5.75 Å². The highest BCUT2D eigenvalue weighted by atomic mass is 35.5. The molecular formula is C10H12Cl3NO2. The number of nitrogens with two attached hydrogens (primary N) is 1. The van der Waals surface area contributed by atoms with Crippen LogP contribution in [-0.2, 0) is 4.74 Å². The summed E-state index contributed by atoms with van der Waals surface area (Å²) in [5.74, 6) is 0.388. The molecule has 90 valence electrons. The van der Waals surface area contributed by atoms with E-state index in [0.29, 0.717) is 27.4 Å². The Morgan fingerprint density at radius 1 is 1.19 bits per heavy atom. The van der Waals surface area contributed by atoms with E-state index in [0.717, 1.165) is 0 Å². The van der Waals surface area contributed by atoms with Gasteiger partial charge in [0, 0.05) is 12.1 Å². The lowest BCUT2D eigenvalue weighted by molar-refractivity contribution is 0.153. The second-order valence-electron chi connectivity index (χ2n) is 3.22. The number of ether oxygens (including phenoxy) is 2. The van der Waals surface area contributed by atoms with Crippen LogP contribution in [0.1, 0.15) is 0 Å². The van der Waals surface area contributed by atoms with Gasteiger partial charge in [-0.2, -0.15) is 0 Å². The minimum absolute atomic E-state index is 0.229. The Balaban J connectivity index is 2.67. The van der Waals surface area contributed by atoms with Gasteiger partial charge in [-0.05, 0) is 12.1 Å². The monoisotopic (exact) mass is 283 g/mol. The lowest BCUT2D eigenvalue weighted by atomic mass is 10.3. The van der Waals surface area contributed by atoms with Gasteiger partial charge < -0.3 is 15.2 Å². The quantitative estimate of drug-likeness (QED) is 0.904. The molecule has 0 fully saturated rings. The fourth-order valence-electron chi connectivity index (χ4n) is 1.12. The molecule has 0 saturated carbocycles. The van der Waals surface area contributed by atoms with Crippen molar-refractivity contribution < 1.29 is 9.47 Å².